The molecule has 0 atom stereocenters. The maximum Gasteiger partial charge on any atom is 0.327 e. The fourth-order valence-electron chi connectivity index (χ4n) is 3.82. The second-order valence-electron chi connectivity index (χ2n) is 7.40. The van der Waals surface area contributed by atoms with Gasteiger partial charge in [-0.2, -0.15) is 4.31 Å². The first-order valence-corrected chi connectivity index (χ1v) is 10.3. The molecule has 2 heterocycles. The van der Waals surface area contributed by atoms with Crippen LogP contribution < -0.4 is 0 Å². The Morgan fingerprint density at radius 2 is 1.65 bits per heavy atom. The number of piperidine rings is 1. The first-order valence-electron chi connectivity index (χ1n) is 8.85. The summed E-state index contributed by atoms with van der Waals surface area (Å²) in [6.45, 7) is 4.93. The summed E-state index contributed by atoms with van der Waals surface area (Å²) >= 11 is 0. The molecule has 1 aromatic rings. The molecule has 2 saturated heterocycles. The molecule has 0 bridgehead atoms. The number of hydrogen-bond donors (Lipinski definition) is 0. The zero-order chi connectivity index (χ0) is 19.1. The number of rotatable bonds is 4. The van der Waals surface area contributed by atoms with Gasteiger partial charge in [-0.15, -0.1) is 0 Å². The van der Waals surface area contributed by atoms with Crippen molar-refractivity contribution in [2.24, 2.45) is 5.92 Å². The van der Waals surface area contributed by atoms with E-state index >= 15 is 0 Å². The SMILES string of the molecule is CC(C)CN1C(=O)N(C)C(=O)C12CCN(S(=O)(=O)c1ccccc1)CC2. The third-order valence-electron chi connectivity index (χ3n) is 5.22. The Labute approximate surface area is 154 Å². The number of likely N-dealkylation sites (N-methyl/N-ethyl adjacent to an activating group) is 1. The molecule has 1 aromatic carbocycles. The molecule has 0 N–H and O–H groups in total. The Kier molecular flexibility index (Phi) is 4.83. The Bertz CT molecular complexity index is 799. The maximum atomic E-state index is 12.8. The van der Waals surface area contributed by atoms with E-state index in [0.717, 1.165) is 0 Å². The summed E-state index contributed by atoms with van der Waals surface area (Å²) in [5.41, 5.74) is -0.918. The topological polar surface area (TPSA) is 78.0 Å². The summed E-state index contributed by atoms with van der Waals surface area (Å²) in [6, 6.07) is 8.01. The molecule has 1 spiro atoms. The van der Waals surface area contributed by atoms with Crippen LogP contribution in [0.4, 0.5) is 4.79 Å². The first kappa shape index (κ1) is 18.8. The van der Waals surface area contributed by atoms with Crippen molar-refractivity contribution in [1.29, 1.82) is 0 Å². The molecule has 3 amide bonds. The predicted molar refractivity (Wildman–Crippen MR) is 96.9 cm³/mol. The number of carbonyl (C=O) groups excluding carboxylic acids is 2. The highest BCUT2D eigenvalue weighted by molar-refractivity contribution is 7.89. The number of nitrogens with zero attached hydrogens (tertiary/aromatic N) is 3. The van der Waals surface area contributed by atoms with Crippen LogP contribution >= 0.6 is 0 Å². The van der Waals surface area contributed by atoms with Gasteiger partial charge in [0.25, 0.3) is 5.91 Å². The van der Waals surface area contributed by atoms with Crippen LogP contribution in [-0.2, 0) is 14.8 Å². The summed E-state index contributed by atoms with van der Waals surface area (Å²) in [7, 11) is -2.09. The van der Waals surface area contributed by atoms with E-state index in [1.807, 2.05) is 13.8 Å². The molecule has 0 saturated carbocycles. The van der Waals surface area contributed by atoms with Crippen molar-refractivity contribution in [2.75, 3.05) is 26.7 Å². The molecule has 8 heteroatoms. The van der Waals surface area contributed by atoms with Crippen LogP contribution in [-0.4, -0.2) is 66.7 Å². The van der Waals surface area contributed by atoms with Crippen LogP contribution in [0.25, 0.3) is 0 Å². The molecule has 0 unspecified atom stereocenters. The molecule has 0 aliphatic carbocycles. The van der Waals surface area contributed by atoms with Crippen molar-refractivity contribution in [3.63, 3.8) is 0 Å². The van der Waals surface area contributed by atoms with Gasteiger partial charge in [-0.05, 0) is 30.9 Å². The van der Waals surface area contributed by atoms with Crippen molar-refractivity contribution in [2.45, 2.75) is 37.1 Å². The third kappa shape index (κ3) is 2.91. The number of carbonyl (C=O) groups is 2. The number of urea groups is 1. The highest BCUT2D eigenvalue weighted by Gasteiger charge is 2.57. The van der Waals surface area contributed by atoms with Crippen molar-refractivity contribution in [3.05, 3.63) is 30.3 Å². The van der Waals surface area contributed by atoms with E-state index in [2.05, 4.69) is 0 Å². The summed E-state index contributed by atoms with van der Waals surface area (Å²) in [5.74, 6) is 0.00103. The van der Waals surface area contributed by atoms with E-state index in [4.69, 9.17) is 0 Å². The minimum atomic E-state index is -3.59. The van der Waals surface area contributed by atoms with Crippen LogP contribution in [0, 0.1) is 5.92 Å². The van der Waals surface area contributed by atoms with E-state index in [9.17, 15) is 18.0 Å². The van der Waals surface area contributed by atoms with E-state index in [1.165, 1.54) is 16.3 Å². The molecule has 3 rings (SSSR count). The van der Waals surface area contributed by atoms with Gasteiger partial charge in [0.2, 0.25) is 10.0 Å². The van der Waals surface area contributed by atoms with Crippen molar-refractivity contribution in [3.8, 4) is 0 Å². The first-order chi connectivity index (χ1) is 12.2. The Balaban J connectivity index is 1.84. The zero-order valence-electron chi connectivity index (χ0n) is 15.4. The number of hydrogen-bond acceptors (Lipinski definition) is 4. The van der Waals surface area contributed by atoms with Crippen molar-refractivity contribution >= 4 is 22.0 Å². The normalized spacial score (nSPS) is 21.2. The van der Waals surface area contributed by atoms with Crippen LogP contribution in [0.1, 0.15) is 26.7 Å². The number of imide groups is 1. The van der Waals surface area contributed by atoms with Crippen LogP contribution in [0.15, 0.2) is 35.2 Å². The zero-order valence-corrected chi connectivity index (χ0v) is 16.2. The molecule has 2 aliphatic heterocycles. The van der Waals surface area contributed by atoms with E-state index in [-0.39, 0.29) is 35.8 Å². The Hall–Kier alpha value is -1.93. The van der Waals surface area contributed by atoms with Gasteiger partial charge in [0.15, 0.2) is 0 Å². The predicted octanol–water partition coefficient (Wildman–Crippen LogP) is 1.76. The van der Waals surface area contributed by atoms with Gasteiger partial charge in [-0.1, -0.05) is 32.0 Å². The monoisotopic (exact) mass is 379 g/mol. The van der Waals surface area contributed by atoms with Crippen molar-refractivity contribution in [1.82, 2.24) is 14.1 Å². The van der Waals surface area contributed by atoms with Gasteiger partial charge in [0, 0.05) is 26.7 Å². The number of amides is 3. The second kappa shape index (κ2) is 6.66. The fraction of sp³-hybridized carbons (Fsp3) is 0.556. The molecule has 7 nitrogen and oxygen atoms in total. The Morgan fingerprint density at radius 3 is 2.19 bits per heavy atom. The minimum absolute atomic E-state index is 0.221. The smallest absolute Gasteiger partial charge is 0.309 e. The van der Waals surface area contributed by atoms with E-state index in [0.29, 0.717) is 19.4 Å². The molecule has 142 valence electrons. The maximum absolute atomic E-state index is 12.8. The fourth-order valence-corrected chi connectivity index (χ4v) is 5.28. The largest absolute Gasteiger partial charge is 0.327 e. The van der Waals surface area contributed by atoms with Gasteiger partial charge < -0.3 is 4.90 Å². The lowest BCUT2D eigenvalue weighted by molar-refractivity contribution is -0.134. The number of benzene rings is 1. The van der Waals surface area contributed by atoms with Gasteiger partial charge >= 0.3 is 6.03 Å². The molecule has 0 radical (unpaired) electrons. The lowest BCUT2D eigenvalue weighted by Gasteiger charge is -2.42. The summed E-state index contributed by atoms with van der Waals surface area (Å²) in [6.07, 6.45) is 0.640. The van der Waals surface area contributed by atoms with Gasteiger partial charge in [-0.3, -0.25) is 9.69 Å². The highest BCUT2D eigenvalue weighted by atomic mass is 32.2. The molecule has 2 fully saturated rings. The Morgan fingerprint density at radius 1 is 1.08 bits per heavy atom. The molecule has 0 aromatic heterocycles. The molecule has 2 aliphatic rings. The van der Waals surface area contributed by atoms with Crippen LogP contribution in [0.5, 0.6) is 0 Å². The second-order valence-corrected chi connectivity index (χ2v) is 9.34. The van der Waals surface area contributed by atoms with Crippen molar-refractivity contribution < 1.29 is 18.0 Å². The standard InChI is InChI=1S/C18H25N3O4S/c1-14(2)13-21-17(23)19(3)16(22)18(21)9-11-20(12-10-18)26(24,25)15-7-5-4-6-8-15/h4-8,14H,9-13H2,1-3H3. The average Bonchev–Trinajstić information content (AvgIpc) is 2.79. The third-order valence-corrected chi connectivity index (χ3v) is 7.13. The highest BCUT2D eigenvalue weighted by Crippen LogP contribution is 2.38. The molecular formula is C18H25N3O4S. The lowest BCUT2D eigenvalue weighted by atomic mass is 9.86. The van der Waals surface area contributed by atoms with E-state index in [1.54, 1.807) is 35.2 Å². The lowest BCUT2D eigenvalue weighted by Crippen LogP contribution is -2.57. The average molecular weight is 379 g/mol. The van der Waals surface area contributed by atoms with Crippen LogP contribution in [0.3, 0.4) is 0 Å². The summed E-state index contributed by atoms with van der Waals surface area (Å²) < 4.78 is 27.0. The van der Waals surface area contributed by atoms with Crippen LogP contribution in [0.2, 0.25) is 0 Å². The van der Waals surface area contributed by atoms with Gasteiger partial charge in [0.05, 0.1) is 4.90 Å². The number of sulfonamides is 1. The van der Waals surface area contributed by atoms with Gasteiger partial charge in [0.1, 0.15) is 5.54 Å². The van der Waals surface area contributed by atoms with Gasteiger partial charge in [-0.25, -0.2) is 13.2 Å². The summed E-state index contributed by atoms with van der Waals surface area (Å²) in [4.78, 5) is 28.4. The molecule has 26 heavy (non-hydrogen) atoms. The van der Waals surface area contributed by atoms with E-state index < -0.39 is 15.6 Å². The molecular weight excluding hydrogens is 354 g/mol. The summed E-state index contributed by atoms with van der Waals surface area (Å²) in [5, 5.41) is 0. The quantitative estimate of drug-likeness (QED) is 0.747. The minimum Gasteiger partial charge on any atom is -0.309 e.